The van der Waals surface area contributed by atoms with Gasteiger partial charge in [-0.1, -0.05) is 53.5 Å². The third-order valence-electron chi connectivity index (χ3n) is 2.68. The lowest BCUT2D eigenvalue weighted by molar-refractivity contribution is 0.102. The Morgan fingerprint density at radius 3 is 2.29 bits per heavy atom. The van der Waals surface area contributed by atoms with Gasteiger partial charge >= 0.3 is 0 Å². The number of benzene rings is 1. The van der Waals surface area contributed by atoms with E-state index in [1.165, 1.54) is 0 Å². The summed E-state index contributed by atoms with van der Waals surface area (Å²) < 4.78 is 0. The van der Waals surface area contributed by atoms with Gasteiger partial charge in [0.15, 0.2) is 0 Å². The SMILES string of the molecule is CC(O)(c1ccccc1)c1ccc(Cl)nc1Cl. The van der Waals surface area contributed by atoms with Crippen molar-refractivity contribution in [1.29, 1.82) is 0 Å². The summed E-state index contributed by atoms with van der Waals surface area (Å²) in [6.07, 6.45) is 0. The Kier molecular flexibility index (Phi) is 3.38. The standard InChI is InChI=1S/C13H11Cl2NO/c1-13(17,9-5-3-2-4-6-9)10-7-8-11(14)16-12(10)15/h2-8,17H,1H3. The first kappa shape index (κ1) is 12.4. The highest BCUT2D eigenvalue weighted by Crippen LogP contribution is 2.33. The van der Waals surface area contributed by atoms with Crippen molar-refractivity contribution >= 4 is 23.2 Å². The lowest BCUT2D eigenvalue weighted by Crippen LogP contribution is -2.23. The Labute approximate surface area is 110 Å². The number of pyridine rings is 1. The Morgan fingerprint density at radius 1 is 1.06 bits per heavy atom. The van der Waals surface area contributed by atoms with Gasteiger partial charge in [0.05, 0.1) is 0 Å². The molecule has 1 aromatic carbocycles. The fourth-order valence-electron chi connectivity index (χ4n) is 1.69. The Morgan fingerprint density at radius 2 is 1.71 bits per heavy atom. The van der Waals surface area contributed by atoms with E-state index in [1.54, 1.807) is 19.1 Å². The molecule has 1 unspecified atom stereocenters. The summed E-state index contributed by atoms with van der Waals surface area (Å²) in [6.45, 7) is 1.68. The maximum atomic E-state index is 10.6. The molecule has 0 fully saturated rings. The van der Waals surface area contributed by atoms with Crippen LogP contribution in [0.15, 0.2) is 42.5 Å². The van der Waals surface area contributed by atoms with Crippen molar-refractivity contribution in [3.05, 3.63) is 63.9 Å². The summed E-state index contributed by atoms with van der Waals surface area (Å²) in [5.74, 6) is 0. The van der Waals surface area contributed by atoms with Crippen LogP contribution >= 0.6 is 23.2 Å². The van der Waals surface area contributed by atoms with Gasteiger partial charge in [0.1, 0.15) is 15.9 Å². The molecule has 2 aromatic rings. The number of aromatic nitrogens is 1. The highest BCUT2D eigenvalue weighted by atomic mass is 35.5. The lowest BCUT2D eigenvalue weighted by Gasteiger charge is -2.25. The molecule has 0 saturated carbocycles. The Balaban J connectivity index is 2.52. The van der Waals surface area contributed by atoms with Gasteiger partial charge in [0.2, 0.25) is 0 Å². The molecule has 0 spiro atoms. The minimum Gasteiger partial charge on any atom is -0.381 e. The second-order valence-electron chi connectivity index (χ2n) is 3.91. The number of aliphatic hydroxyl groups is 1. The van der Waals surface area contributed by atoms with E-state index in [2.05, 4.69) is 4.98 Å². The number of hydrogen-bond donors (Lipinski definition) is 1. The predicted octanol–water partition coefficient (Wildman–Crippen LogP) is 3.64. The largest absolute Gasteiger partial charge is 0.381 e. The molecule has 0 aliphatic heterocycles. The van der Waals surface area contributed by atoms with E-state index in [0.717, 1.165) is 5.56 Å². The lowest BCUT2D eigenvalue weighted by atomic mass is 9.89. The molecule has 88 valence electrons. The average Bonchev–Trinajstić information content (AvgIpc) is 2.29. The van der Waals surface area contributed by atoms with Gasteiger partial charge < -0.3 is 5.11 Å². The van der Waals surface area contributed by atoms with Crippen LogP contribution in [0, 0.1) is 0 Å². The van der Waals surface area contributed by atoms with Gasteiger partial charge in [-0.05, 0) is 24.6 Å². The van der Waals surface area contributed by atoms with E-state index < -0.39 is 5.60 Å². The van der Waals surface area contributed by atoms with Gasteiger partial charge in [0.25, 0.3) is 0 Å². The Hall–Kier alpha value is -1.09. The van der Waals surface area contributed by atoms with E-state index in [1.807, 2.05) is 30.3 Å². The molecule has 0 aliphatic rings. The van der Waals surface area contributed by atoms with Gasteiger partial charge in [-0.2, -0.15) is 0 Å². The van der Waals surface area contributed by atoms with Crippen molar-refractivity contribution in [3.63, 3.8) is 0 Å². The maximum absolute atomic E-state index is 10.6. The zero-order valence-corrected chi connectivity index (χ0v) is 10.7. The van der Waals surface area contributed by atoms with Gasteiger partial charge in [0, 0.05) is 5.56 Å². The van der Waals surface area contributed by atoms with Crippen LogP contribution in [0.1, 0.15) is 18.1 Å². The quantitative estimate of drug-likeness (QED) is 0.843. The molecule has 0 radical (unpaired) electrons. The van der Waals surface area contributed by atoms with Crippen molar-refractivity contribution < 1.29 is 5.11 Å². The van der Waals surface area contributed by atoms with Gasteiger partial charge in [-0.25, -0.2) is 4.98 Å². The fourth-order valence-corrected chi connectivity index (χ4v) is 2.22. The molecule has 0 saturated heterocycles. The van der Waals surface area contributed by atoms with E-state index in [9.17, 15) is 5.11 Å². The summed E-state index contributed by atoms with van der Waals surface area (Å²) >= 11 is 11.7. The number of nitrogens with zero attached hydrogens (tertiary/aromatic N) is 1. The summed E-state index contributed by atoms with van der Waals surface area (Å²) in [5.41, 5.74) is 0.108. The maximum Gasteiger partial charge on any atom is 0.137 e. The minimum absolute atomic E-state index is 0.214. The number of halogens is 2. The average molecular weight is 268 g/mol. The molecule has 2 rings (SSSR count). The number of rotatable bonds is 2. The third kappa shape index (κ3) is 2.44. The smallest absolute Gasteiger partial charge is 0.137 e. The first-order valence-electron chi connectivity index (χ1n) is 5.12. The molecule has 0 amide bonds. The molecule has 1 N–H and O–H groups in total. The molecule has 1 heterocycles. The van der Waals surface area contributed by atoms with E-state index in [4.69, 9.17) is 23.2 Å². The van der Waals surface area contributed by atoms with Crippen LogP contribution < -0.4 is 0 Å². The van der Waals surface area contributed by atoms with E-state index in [0.29, 0.717) is 10.7 Å². The molecule has 1 aromatic heterocycles. The van der Waals surface area contributed by atoms with E-state index in [-0.39, 0.29) is 5.15 Å². The highest BCUT2D eigenvalue weighted by Gasteiger charge is 2.28. The second kappa shape index (κ2) is 4.65. The second-order valence-corrected chi connectivity index (χ2v) is 4.66. The predicted molar refractivity (Wildman–Crippen MR) is 69.4 cm³/mol. The molecular formula is C13H11Cl2NO. The number of hydrogen-bond acceptors (Lipinski definition) is 2. The zero-order chi connectivity index (χ0) is 12.5. The molecular weight excluding hydrogens is 257 g/mol. The Bertz CT molecular complexity index is 526. The van der Waals surface area contributed by atoms with E-state index >= 15 is 0 Å². The molecule has 1 atom stereocenters. The molecule has 0 aliphatic carbocycles. The van der Waals surface area contributed by atoms with Crippen molar-refractivity contribution in [2.45, 2.75) is 12.5 Å². The summed E-state index contributed by atoms with van der Waals surface area (Å²) in [7, 11) is 0. The van der Waals surface area contributed by atoms with Crippen LogP contribution in [-0.2, 0) is 5.60 Å². The summed E-state index contributed by atoms with van der Waals surface area (Å²) in [6, 6.07) is 12.6. The van der Waals surface area contributed by atoms with Crippen LogP contribution in [-0.4, -0.2) is 10.1 Å². The van der Waals surface area contributed by atoms with Crippen molar-refractivity contribution in [2.75, 3.05) is 0 Å². The van der Waals surface area contributed by atoms with Crippen LogP contribution in [0.3, 0.4) is 0 Å². The van der Waals surface area contributed by atoms with Crippen molar-refractivity contribution in [2.24, 2.45) is 0 Å². The summed E-state index contributed by atoms with van der Waals surface area (Å²) in [5, 5.41) is 11.1. The topological polar surface area (TPSA) is 33.1 Å². The first-order valence-corrected chi connectivity index (χ1v) is 5.88. The van der Waals surface area contributed by atoms with Crippen molar-refractivity contribution in [1.82, 2.24) is 4.98 Å². The zero-order valence-electron chi connectivity index (χ0n) is 9.19. The molecule has 4 heteroatoms. The molecule has 17 heavy (non-hydrogen) atoms. The molecule has 2 nitrogen and oxygen atoms in total. The van der Waals surface area contributed by atoms with Crippen LogP contribution in [0.4, 0.5) is 0 Å². The fraction of sp³-hybridized carbons (Fsp3) is 0.154. The third-order valence-corrected chi connectivity index (χ3v) is 3.17. The summed E-state index contributed by atoms with van der Waals surface area (Å²) in [4.78, 5) is 3.94. The van der Waals surface area contributed by atoms with Crippen molar-refractivity contribution in [3.8, 4) is 0 Å². The van der Waals surface area contributed by atoms with Crippen LogP contribution in [0.25, 0.3) is 0 Å². The molecule has 0 bridgehead atoms. The van der Waals surface area contributed by atoms with Crippen LogP contribution in [0.2, 0.25) is 10.3 Å². The highest BCUT2D eigenvalue weighted by molar-refractivity contribution is 6.32. The van der Waals surface area contributed by atoms with Gasteiger partial charge in [-0.15, -0.1) is 0 Å². The van der Waals surface area contributed by atoms with Gasteiger partial charge in [-0.3, -0.25) is 0 Å². The minimum atomic E-state index is -1.18. The van der Waals surface area contributed by atoms with Crippen LogP contribution in [0.5, 0.6) is 0 Å². The monoisotopic (exact) mass is 267 g/mol. The first-order chi connectivity index (χ1) is 8.01. The normalized spacial score (nSPS) is 14.4.